The van der Waals surface area contributed by atoms with E-state index >= 15 is 0 Å². The van der Waals surface area contributed by atoms with E-state index in [9.17, 15) is 4.79 Å². The number of halogens is 1. The lowest BCUT2D eigenvalue weighted by Gasteiger charge is -2.06. The predicted octanol–water partition coefficient (Wildman–Crippen LogP) is 3.31. The van der Waals surface area contributed by atoms with Crippen molar-refractivity contribution in [1.29, 1.82) is 0 Å². The number of carbonyl (C=O) groups excluding carboxylic acids is 1. The summed E-state index contributed by atoms with van der Waals surface area (Å²) >= 11 is 3.56. The average molecular weight is 345 g/mol. The molecule has 0 bridgehead atoms. The first-order valence-electron chi connectivity index (χ1n) is 7.18. The van der Waals surface area contributed by atoms with Crippen molar-refractivity contribution < 1.29 is 4.79 Å². The molecule has 1 aromatic heterocycles. The molecule has 0 spiro atoms. The Bertz CT molecular complexity index is 630. The normalized spacial score (nSPS) is 20.0. The highest BCUT2D eigenvalue weighted by Crippen LogP contribution is 2.49. The summed E-state index contributed by atoms with van der Waals surface area (Å²) in [6.07, 6.45) is 3.50. The van der Waals surface area contributed by atoms with Crippen LogP contribution in [0.1, 0.15) is 23.6 Å². The summed E-state index contributed by atoms with van der Waals surface area (Å²) in [4.78, 5) is 16.4. The number of benzene rings is 1. The molecule has 2 aromatic rings. The summed E-state index contributed by atoms with van der Waals surface area (Å²) in [5.74, 6) is 0.634. The number of rotatable bonds is 5. The van der Waals surface area contributed by atoms with Gasteiger partial charge in [0, 0.05) is 35.2 Å². The van der Waals surface area contributed by atoms with Crippen LogP contribution in [0.4, 0.5) is 0 Å². The van der Waals surface area contributed by atoms with Crippen molar-refractivity contribution in [3.05, 3.63) is 64.4 Å². The number of amides is 1. The zero-order chi connectivity index (χ0) is 14.7. The first kappa shape index (κ1) is 14.3. The van der Waals surface area contributed by atoms with Gasteiger partial charge in [-0.05, 0) is 36.1 Å². The van der Waals surface area contributed by atoms with E-state index in [4.69, 9.17) is 0 Å². The molecule has 1 heterocycles. The maximum Gasteiger partial charge on any atom is 0.223 e. The molecular weight excluding hydrogens is 328 g/mol. The van der Waals surface area contributed by atoms with Crippen molar-refractivity contribution in [3.8, 4) is 0 Å². The van der Waals surface area contributed by atoms with E-state index in [0.29, 0.717) is 12.5 Å². The van der Waals surface area contributed by atoms with Crippen molar-refractivity contribution in [3.63, 3.8) is 0 Å². The number of hydrogen-bond acceptors (Lipinski definition) is 2. The van der Waals surface area contributed by atoms with Gasteiger partial charge in [-0.3, -0.25) is 9.78 Å². The molecule has 0 aliphatic heterocycles. The Morgan fingerprint density at radius 1 is 1.24 bits per heavy atom. The van der Waals surface area contributed by atoms with Gasteiger partial charge in [0.25, 0.3) is 0 Å². The third kappa shape index (κ3) is 3.50. The summed E-state index contributed by atoms with van der Waals surface area (Å²) in [6, 6.07) is 14.0. The molecule has 1 saturated carbocycles. The molecule has 0 unspecified atom stereocenters. The minimum Gasteiger partial charge on any atom is -0.355 e. The summed E-state index contributed by atoms with van der Waals surface area (Å²) < 4.78 is 1.10. The van der Waals surface area contributed by atoms with E-state index < -0.39 is 0 Å². The van der Waals surface area contributed by atoms with Crippen LogP contribution in [0.15, 0.2) is 53.1 Å². The van der Waals surface area contributed by atoms with Gasteiger partial charge in [0.2, 0.25) is 5.91 Å². The van der Waals surface area contributed by atoms with E-state index in [2.05, 4.69) is 32.3 Å². The molecule has 1 aliphatic rings. The molecule has 3 rings (SSSR count). The molecule has 0 saturated heterocycles. The maximum absolute atomic E-state index is 12.1. The molecule has 1 aromatic carbocycles. The Hall–Kier alpha value is -1.68. The molecule has 1 aliphatic carbocycles. The van der Waals surface area contributed by atoms with Gasteiger partial charge < -0.3 is 5.32 Å². The Labute approximate surface area is 132 Å². The van der Waals surface area contributed by atoms with Crippen molar-refractivity contribution in [2.24, 2.45) is 5.92 Å². The van der Waals surface area contributed by atoms with E-state index in [1.807, 2.05) is 36.4 Å². The average Bonchev–Trinajstić information content (AvgIpc) is 3.29. The number of nitrogens with one attached hydrogen (secondary N) is 1. The lowest BCUT2D eigenvalue weighted by atomic mass is 10.1. The van der Waals surface area contributed by atoms with Crippen molar-refractivity contribution in [2.45, 2.75) is 18.8 Å². The van der Waals surface area contributed by atoms with E-state index in [1.165, 1.54) is 5.56 Å². The van der Waals surface area contributed by atoms with Crippen LogP contribution in [-0.4, -0.2) is 17.4 Å². The topological polar surface area (TPSA) is 42.0 Å². The molecule has 1 N–H and O–H groups in total. The summed E-state index contributed by atoms with van der Waals surface area (Å²) in [7, 11) is 0. The fraction of sp³-hybridized carbons (Fsp3) is 0.294. The van der Waals surface area contributed by atoms with Gasteiger partial charge in [-0.15, -0.1) is 0 Å². The van der Waals surface area contributed by atoms with Crippen LogP contribution in [0.3, 0.4) is 0 Å². The van der Waals surface area contributed by atoms with Crippen LogP contribution < -0.4 is 5.32 Å². The molecule has 2 atom stereocenters. The highest BCUT2D eigenvalue weighted by atomic mass is 79.9. The van der Waals surface area contributed by atoms with Gasteiger partial charge in [0.05, 0.1) is 0 Å². The minimum atomic E-state index is 0.118. The van der Waals surface area contributed by atoms with E-state index in [0.717, 1.165) is 23.0 Å². The number of nitrogens with zero attached hydrogens (tertiary/aromatic N) is 1. The second-order valence-corrected chi connectivity index (χ2v) is 6.19. The zero-order valence-corrected chi connectivity index (χ0v) is 13.2. The second kappa shape index (κ2) is 6.39. The highest BCUT2D eigenvalue weighted by Gasteiger charge is 2.44. The van der Waals surface area contributed by atoms with Gasteiger partial charge >= 0.3 is 0 Å². The Morgan fingerprint density at radius 3 is 2.81 bits per heavy atom. The number of hydrogen-bond donors (Lipinski definition) is 1. The van der Waals surface area contributed by atoms with Crippen molar-refractivity contribution in [2.75, 3.05) is 6.54 Å². The van der Waals surface area contributed by atoms with Crippen LogP contribution in [0.2, 0.25) is 0 Å². The Balaban J connectivity index is 1.49. The van der Waals surface area contributed by atoms with Gasteiger partial charge in [-0.2, -0.15) is 0 Å². The molecule has 108 valence electrons. The molecule has 0 radical (unpaired) electrons. The first-order chi connectivity index (χ1) is 10.3. The Morgan fingerprint density at radius 2 is 2.05 bits per heavy atom. The van der Waals surface area contributed by atoms with E-state index in [-0.39, 0.29) is 11.8 Å². The van der Waals surface area contributed by atoms with Gasteiger partial charge in [0.15, 0.2) is 0 Å². The van der Waals surface area contributed by atoms with Crippen molar-refractivity contribution >= 4 is 21.8 Å². The Kier molecular flexibility index (Phi) is 4.34. The number of aromatic nitrogens is 1. The van der Waals surface area contributed by atoms with Crippen LogP contribution >= 0.6 is 15.9 Å². The van der Waals surface area contributed by atoms with Gasteiger partial charge in [-0.1, -0.05) is 40.2 Å². The molecule has 21 heavy (non-hydrogen) atoms. The molecule has 4 heteroatoms. The molecule has 1 amide bonds. The lowest BCUT2D eigenvalue weighted by Crippen LogP contribution is -2.27. The summed E-state index contributed by atoms with van der Waals surface area (Å²) in [5, 5.41) is 3.02. The largest absolute Gasteiger partial charge is 0.355 e. The van der Waals surface area contributed by atoms with Crippen LogP contribution in [0, 0.1) is 5.92 Å². The van der Waals surface area contributed by atoms with Crippen LogP contribution in [0.25, 0.3) is 0 Å². The SMILES string of the molecule is O=C(NCCc1ccccn1)[C@H]1C[C@@H]1c1ccccc1Br. The van der Waals surface area contributed by atoms with Crippen LogP contribution in [-0.2, 0) is 11.2 Å². The smallest absolute Gasteiger partial charge is 0.223 e. The number of carbonyl (C=O) groups is 1. The fourth-order valence-electron chi connectivity index (χ4n) is 2.60. The predicted molar refractivity (Wildman–Crippen MR) is 85.9 cm³/mol. The first-order valence-corrected chi connectivity index (χ1v) is 7.97. The van der Waals surface area contributed by atoms with Crippen molar-refractivity contribution in [1.82, 2.24) is 10.3 Å². The third-order valence-corrected chi connectivity index (χ3v) is 4.56. The summed E-state index contributed by atoms with van der Waals surface area (Å²) in [5.41, 5.74) is 2.25. The number of pyridine rings is 1. The third-order valence-electron chi connectivity index (χ3n) is 3.84. The monoisotopic (exact) mass is 344 g/mol. The van der Waals surface area contributed by atoms with Gasteiger partial charge in [0.1, 0.15) is 0 Å². The second-order valence-electron chi connectivity index (χ2n) is 5.33. The molecule has 3 nitrogen and oxygen atoms in total. The minimum absolute atomic E-state index is 0.118. The zero-order valence-electron chi connectivity index (χ0n) is 11.6. The molecular formula is C17H17BrN2O. The quantitative estimate of drug-likeness (QED) is 0.903. The van der Waals surface area contributed by atoms with E-state index in [1.54, 1.807) is 6.20 Å². The lowest BCUT2D eigenvalue weighted by molar-refractivity contribution is -0.122. The highest BCUT2D eigenvalue weighted by molar-refractivity contribution is 9.10. The standard InChI is InChI=1S/C17H17BrN2O/c18-16-7-2-1-6-13(16)14-11-15(14)17(21)20-10-8-12-5-3-4-9-19-12/h1-7,9,14-15H,8,10-11H2,(H,20,21)/t14-,15+/m1/s1. The fourth-order valence-corrected chi connectivity index (χ4v) is 3.17. The van der Waals surface area contributed by atoms with Crippen LogP contribution in [0.5, 0.6) is 0 Å². The maximum atomic E-state index is 12.1. The van der Waals surface area contributed by atoms with Gasteiger partial charge in [-0.25, -0.2) is 0 Å². The summed E-state index contributed by atoms with van der Waals surface area (Å²) in [6.45, 7) is 0.648. The molecule has 1 fully saturated rings.